The molecule has 1 heterocycles. The highest BCUT2D eigenvalue weighted by Crippen LogP contribution is 2.51. The molecule has 0 saturated carbocycles. The maximum atomic E-state index is 13.6. The number of carbonyl (C=O) groups is 1. The Labute approximate surface area is 98.3 Å². The van der Waals surface area contributed by atoms with E-state index in [0.29, 0.717) is 13.2 Å². The summed E-state index contributed by atoms with van der Waals surface area (Å²) < 4.78 is 77.1. The van der Waals surface area contributed by atoms with Crippen LogP contribution in [0.1, 0.15) is 0 Å². The Balaban J connectivity index is 3.07. The molecule has 0 N–H and O–H groups in total. The van der Waals surface area contributed by atoms with Gasteiger partial charge in [-0.05, 0) is 0 Å². The fourth-order valence-electron chi connectivity index (χ4n) is 1.48. The monoisotopic (exact) mass is 276 g/mol. The van der Waals surface area contributed by atoms with Gasteiger partial charge in [0.05, 0.1) is 6.61 Å². The molecule has 18 heavy (non-hydrogen) atoms. The van der Waals surface area contributed by atoms with Gasteiger partial charge in [-0.25, -0.2) is 4.79 Å². The minimum absolute atomic E-state index is 0.430. The maximum Gasteiger partial charge on any atom is 0.450 e. The second-order valence-corrected chi connectivity index (χ2v) is 3.38. The highest BCUT2D eigenvalue weighted by molar-refractivity contribution is 5.81. The first-order chi connectivity index (χ1) is 8.12. The predicted octanol–water partition coefficient (Wildman–Crippen LogP) is 1.65. The highest BCUT2D eigenvalue weighted by Gasteiger charge is 2.79. The average Bonchev–Trinajstić information content (AvgIpc) is 2.50. The molecule has 104 valence electrons. The summed E-state index contributed by atoms with van der Waals surface area (Å²) in [7, 11) is 0.430. The number of esters is 1. The molecule has 2 unspecified atom stereocenters. The van der Waals surface area contributed by atoms with Crippen LogP contribution in [-0.2, 0) is 19.0 Å². The summed E-state index contributed by atoms with van der Waals surface area (Å²) in [6.07, 6.45) is -7.33. The molecule has 1 aliphatic heterocycles. The molecule has 0 amide bonds. The summed E-state index contributed by atoms with van der Waals surface area (Å²) in [6.45, 7) is 1.80. The fraction of sp³-hybridized carbons (Fsp3) is 0.667. The molecule has 1 aliphatic rings. The summed E-state index contributed by atoms with van der Waals surface area (Å²) in [4.78, 5) is 10.8. The molecular formula is C9H9F5O4. The normalized spacial score (nSPS) is 31.1. The smallest absolute Gasteiger partial charge is 0.450 e. The third-order valence-corrected chi connectivity index (χ3v) is 2.37. The second kappa shape index (κ2) is 4.47. The molecule has 1 rings (SSSR count). The molecule has 2 atom stereocenters. The van der Waals surface area contributed by atoms with E-state index in [1.807, 2.05) is 0 Å². The Morgan fingerprint density at radius 1 is 1.50 bits per heavy atom. The lowest BCUT2D eigenvalue weighted by Crippen LogP contribution is -2.60. The van der Waals surface area contributed by atoms with Gasteiger partial charge in [0.15, 0.2) is 6.10 Å². The molecule has 0 aromatic rings. The summed E-state index contributed by atoms with van der Waals surface area (Å²) >= 11 is 0. The molecule has 0 aliphatic carbocycles. The zero-order valence-electron chi connectivity index (χ0n) is 9.09. The lowest BCUT2D eigenvalue weighted by atomic mass is 10.1. The van der Waals surface area contributed by atoms with E-state index in [2.05, 4.69) is 20.8 Å². The van der Waals surface area contributed by atoms with Crippen LogP contribution in [0.3, 0.4) is 0 Å². The van der Waals surface area contributed by atoms with E-state index >= 15 is 0 Å². The van der Waals surface area contributed by atoms with E-state index in [1.54, 1.807) is 0 Å². The van der Waals surface area contributed by atoms with E-state index in [4.69, 9.17) is 0 Å². The van der Waals surface area contributed by atoms with Crippen LogP contribution < -0.4 is 0 Å². The Hall–Kier alpha value is -1.22. The van der Waals surface area contributed by atoms with E-state index in [9.17, 15) is 26.7 Å². The van der Waals surface area contributed by atoms with Gasteiger partial charge >= 0.3 is 23.9 Å². The Morgan fingerprint density at radius 2 is 2.06 bits per heavy atom. The average molecular weight is 276 g/mol. The molecule has 1 fully saturated rings. The number of methoxy groups -OCH3 is 1. The Morgan fingerprint density at radius 3 is 2.39 bits per heavy atom. The van der Waals surface area contributed by atoms with Gasteiger partial charge in [-0.2, -0.15) is 22.0 Å². The molecule has 0 bridgehead atoms. The van der Waals surface area contributed by atoms with Crippen molar-refractivity contribution in [3.8, 4) is 0 Å². The Bertz CT molecular complexity index is 353. The number of hydrogen-bond donors (Lipinski definition) is 0. The zero-order valence-corrected chi connectivity index (χ0v) is 9.09. The van der Waals surface area contributed by atoms with Crippen molar-refractivity contribution in [2.45, 2.75) is 24.0 Å². The first-order valence-electron chi connectivity index (χ1n) is 4.59. The molecular weight excluding hydrogens is 267 g/mol. The van der Waals surface area contributed by atoms with Crippen molar-refractivity contribution in [3.63, 3.8) is 0 Å². The third-order valence-electron chi connectivity index (χ3n) is 2.37. The summed E-state index contributed by atoms with van der Waals surface area (Å²) in [6, 6.07) is 0. The van der Waals surface area contributed by atoms with Gasteiger partial charge in [0, 0.05) is 13.2 Å². The van der Waals surface area contributed by atoms with Crippen LogP contribution in [0.15, 0.2) is 12.7 Å². The standard InChI is InChI=1S/C9H9F5O4/c1-3-6(15)18-5-4-17-8(16-2,7(5,10)11)9(12,13)14/h3,5H,1,4H2,2H3. The summed E-state index contributed by atoms with van der Waals surface area (Å²) in [5.41, 5.74) is 0. The summed E-state index contributed by atoms with van der Waals surface area (Å²) in [5.74, 6) is -9.97. The minimum atomic E-state index is -5.49. The maximum absolute atomic E-state index is 13.6. The first kappa shape index (κ1) is 14.8. The van der Waals surface area contributed by atoms with Gasteiger partial charge in [0.25, 0.3) is 0 Å². The number of carbonyl (C=O) groups excluding carboxylic acids is 1. The number of halogens is 5. The van der Waals surface area contributed by atoms with Gasteiger partial charge in [-0.15, -0.1) is 0 Å². The van der Waals surface area contributed by atoms with Crippen LogP contribution >= 0.6 is 0 Å². The van der Waals surface area contributed by atoms with E-state index in [-0.39, 0.29) is 0 Å². The van der Waals surface area contributed by atoms with Crippen molar-refractivity contribution in [2.24, 2.45) is 0 Å². The molecule has 9 heteroatoms. The van der Waals surface area contributed by atoms with Gasteiger partial charge in [0.1, 0.15) is 0 Å². The molecule has 0 aromatic heterocycles. The van der Waals surface area contributed by atoms with Crippen LogP contribution in [0.4, 0.5) is 22.0 Å². The van der Waals surface area contributed by atoms with Crippen molar-refractivity contribution >= 4 is 5.97 Å². The van der Waals surface area contributed by atoms with Crippen molar-refractivity contribution in [2.75, 3.05) is 13.7 Å². The largest absolute Gasteiger partial charge is 0.450 e. The van der Waals surface area contributed by atoms with Gasteiger partial charge in [-0.3, -0.25) is 0 Å². The third kappa shape index (κ3) is 1.97. The number of alkyl halides is 5. The van der Waals surface area contributed by atoms with E-state index in [0.717, 1.165) is 0 Å². The zero-order chi connectivity index (χ0) is 14.2. The second-order valence-electron chi connectivity index (χ2n) is 3.38. The molecule has 1 saturated heterocycles. The van der Waals surface area contributed by atoms with Gasteiger partial charge < -0.3 is 14.2 Å². The van der Waals surface area contributed by atoms with Crippen LogP contribution in [0.2, 0.25) is 0 Å². The molecule has 0 radical (unpaired) electrons. The predicted molar refractivity (Wildman–Crippen MR) is 46.8 cm³/mol. The SMILES string of the molecule is C=CC(=O)OC1COC(OC)(C(F)(F)F)C1(F)F. The van der Waals surface area contributed by atoms with Crippen LogP contribution in [0, 0.1) is 0 Å². The van der Waals surface area contributed by atoms with Crippen LogP contribution in [-0.4, -0.2) is 43.7 Å². The molecule has 0 aromatic carbocycles. The van der Waals surface area contributed by atoms with E-state index < -0.39 is 36.6 Å². The lowest BCUT2D eigenvalue weighted by Gasteiger charge is -2.34. The van der Waals surface area contributed by atoms with E-state index in [1.165, 1.54) is 0 Å². The molecule has 0 spiro atoms. The summed E-state index contributed by atoms with van der Waals surface area (Å²) in [5, 5.41) is 0. The number of rotatable bonds is 3. The Kier molecular flexibility index (Phi) is 3.68. The van der Waals surface area contributed by atoms with Crippen LogP contribution in [0.25, 0.3) is 0 Å². The van der Waals surface area contributed by atoms with Crippen molar-refractivity contribution < 1.29 is 41.0 Å². The van der Waals surface area contributed by atoms with Crippen molar-refractivity contribution in [3.05, 3.63) is 12.7 Å². The highest BCUT2D eigenvalue weighted by atomic mass is 19.4. The van der Waals surface area contributed by atoms with Gasteiger partial charge in [-0.1, -0.05) is 6.58 Å². The first-order valence-corrected chi connectivity index (χ1v) is 4.59. The van der Waals surface area contributed by atoms with Gasteiger partial charge in [0.2, 0.25) is 0 Å². The molecule has 4 nitrogen and oxygen atoms in total. The minimum Gasteiger partial charge on any atom is -0.450 e. The topological polar surface area (TPSA) is 44.8 Å². The quantitative estimate of drug-likeness (QED) is 0.447. The number of ether oxygens (including phenoxy) is 3. The fourth-order valence-corrected chi connectivity index (χ4v) is 1.48. The van der Waals surface area contributed by atoms with Crippen LogP contribution in [0.5, 0.6) is 0 Å². The van der Waals surface area contributed by atoms with Crippen molar-refractivity contribution in [1.82, 2.24) is 0 Å². The number of hydrogen-bond acceptors (Lipinski definition) is 4. The van der Waals surface area contributed by atoms with Crippen molar-refractivity contribution in [1.29, 1.82) is 0 Å². The lowest BCUT2D eigenvalue weighted by molar-refractivity contribution is -0.412.